The van der Waals surface area contributed by atoms with Gasteiger partial charge in [-0.3, -0.25) is 9.89 Å². The summed E-state index contributed by atoms with van der Waals surface area (Å²) in [6.07, 6.45) is 0.122. The summed E-state index contributed by atoms with van der Waals surface area (Å²) in [4.78, 5) is 24.0. The number of hydrogen-bond donors (Lipinski definition) is 4. The number of rotatable bonds is 9. The van der Waals surface area contributed by atoms with E-state index < -0.39 is 24.0 Å². The molecule has 0 aliphatic rings. The number of furan rings is 1. The van der Waals surface area contributed by atoms with Gasteiger partial charge in [0.05, 0.1) is 6.26 Å². The van der Waals surface area contributed by atoms with Gasteiger partial charge in [-0.1, -0.05) is 54.6 Å². The fourth-order valence-corrected chi connectivity index (χ4v) is 3.57. The third kappa shape index (κ3) is 5.55. The van der Waals surface area contributed by atoms with E-state index in [-0.39, 0.29) is 12.1 Å². The lowest BCUT2D eigenvalue weighted by molar-refractivity contribution is -0.147. The van der Waals surface area contributed by atoms with Crippen molar-refractivity contribution in [3.8, 4) is 22.6 Å². The lowest BCUT2D eigenvalue weighted by Crippen LogP contribution is -2.40. The number of carboxylic acids is 1. The van der Waals surface area contributed by atoms with Gasteiger partial charge in [-0.25, -0.2) is 4.79 Å². The lowest BCUT2D eigenvalue weighted by atomic mass is 9.97. The number of aliphatic hydroxyl groups excluding tert-OH is 1. The lowest BCUT2D eigenvalue weighted by Gasteiger charge is -2.20. The summed E-state index contributed by atoms with van der Waals surface area (Å²) in [6.45, 7) is 0. The summed E-state index contributed by atoms with van der Waals surface area (Å²) in [5, 5.41) is 28.6. The van der Waals surface area contributed by atoms with Crippen LogP contribution in [0.15, 0.2) is 83.5 Å². The molecule has 0 radical (unpaired) electrons. The Labute approximate surface area is 189 Å². The second kappa shape index (κ2) is 9.97. The minimum absolute atomic E-state index is 0.135. The van der Waals surface area contributed by atoms with Gasteiger partial charge >= 0.3 is 5.97 Å². The van der Waals surface area contributed by atoms with Crippen LogP contribution in [0, 0.1) is 0 Å². The number of carbonyl (C=O) groups is 2. The Bertz CT molecular complexity index is 1200. The molecule has 1 amide bonds. The van der Waals surface area contributed by atoms with Crippen molar-refractivity contribution in [2.75, 3.05) is 0 Å². The Kier molecular flexibility index (Phi) is 6.66. The number of nitrogens with zero attached hydrogens (tertiary/aromatic N) is 1. The molecular formula is C25H23N3O5. The van der Waals surface area contributed by atoms with E-state index in [0.29, 0.717) is 17.9 Å². The number of aromatic nitrogens is 2. The SMILES string of the molecule is O=C(NC(Cc1ccc(-c2ccccc2)cc1)CC(O)C(=O)O)c1cc(-c2ccco2)[nH]n1. The molecule has 168 valence electrons. The van der Waals surface area contributed by atoms with E-state index in [1.54, 1.807) is 18.2 Å². The molecule has 2 unspecified atom stereocenters. The topological polar surface area (TPSA) is 128 Å². The quantitative estimate of drug-likeness (QED) is 0.312. The first-order valence-electron chi connectivity index (χ1n) is 10.4. The highest BCUT2D eigenvalue weighted by molar-refractivity contribution is 5.93. The Balaban J connectivity index is 1.48. The third-order valence-corrected chi connectivity index (χ3v) is 5.27. The number of carboxylic acid groups (broad SMARTS) is 1. The number of carbonyl (C=O) groups excluding carboxylic acids is 1. The van der Waals surface area contributed by atoms with Crippen LogP contribution in [0.5, 0.6) is 0 Å². The van der Waals surface area contributed by atoms with Gasteiger partial charge in [0.15, 0.2) is 17.6 Å². The van der Waals surface area contributed by atoms with Gasteiger partial charge in [0.1, 0.15) is 5.69 Å². The second-order valence-electron chi connectivity index (χ2n) is 7.67. The molecule has 4 rings (SSSR count). The summed E-state index contributed by atoms with van der Waals surface area (Å²) < 4.78 is 5.29. The smallest absolute Gasteiger partial charge is 0.332 e. The number of aromatic amines is 1. The molecule has 0 aliphatic heterocycles. The van der Waals surface area contributed by atoms with Crippen LogP contribution in [-0.4, -0.2) is 44.4 Å². The molecule has 2 aromatic carbocycles. The number of H-pyrrole nitrogens is 1. The average Bonchev–Trinajstić information content (AvgIpc) is 3.52. The highest BCUT2D eigenvalue weighted by Crippen LogP contribution is 2.21. The molecule has 0 saturated heterocycles. The zero-order valence-corrected chi connectivity index (χ0v) is 17.6. The van der Waals surface area contributed by atoms with Crippen LogP contribution in [-0.2, 0) is 11.2 Å². The van der Waals surface area contributed by atoms with Crippen molar-refractivity contribution in [1.82, 2.24) is 15.5 Å². The molecule has 2 heterocycles. The number of hydrogen-bond acceptors (Lipinski definition) is 5. The van der Waals surface area contributed by atoms with Gasteiger partial charge in [0.25, 0.3) is 5.91 Å². The van der Waals surface area contributed by atoms with Crippen LogP contribution >= 0.6 is 0 Å². The van der Waals surface area contributed by atoms with Crippen molar-refractivity contribution in [1.29, 1.82) is 0 Å². The van der Waals surface area contributed by atoms with Crippen LogP contribution in [0.1, 0.15) is 22.5 Å². The monoisotopic (exact) mass is 445 g/mol. The largest absolute Gasteiger partial charge is 0.479 e. The normalized spacial score (nSPS) is 12.8. The molecule has 2 aromatic heterocycles. The van der Waals surface area contributed by atoms with Crippen molar-refractivity contribution < 1.29 is 24.2 Å². The van der Waals surface area contributed by atoms with Crippen molar-refractivity contribution in [2.45, 2.75) is 25.0 Å². The molecule has 0 bridgehead atoms. The fourth-order valence-electron chi connectivity index (χ4n) is 3.57. The van der Waals surface area contributed by atoms with Crippen LogP contribution < -0.4 is 5.32 Å². The Morgan fingerprint density at radius 2 is 1.73 bits per heavy atom. The van der Waals surface area contributed by atoms with E-state index in [2.05, 4.69) is 15.5 Å². The Hall–Kier alpha value is -4.17. The molecule has 8 nitrogen and oxygen atoms in total. The van der Waals surface area contributed by atoms with Crippen molar-refractivity contribution in [2.24, 2.45) is 0 Å². The van der Waals surface area contributed by atoms with E-state index >= 15 is 0 Å². The first-order chi connectivity index (χ1) is 16.0. The highest BCUT2D eigenvalue weighted by Gasteiger charge is 2.23. The van der Waals surface area contributed by atoms with Crippen LogP contribution in [0.4, 0.5) is 0 Å². The van der Waals surface area contributed by atoms with E-state index in [9.17, 15) is 14.7 Å². The summed E-state index contributed by atoms with van der Waals surface area (Å²) in [7, 11) is 0. The molecule has 0 aliphatic carbocycles. The highest BCUT2D eigenvalue weighted by atomic mass is 16.4. The van der Waals surface area contributed by atoms with Gasteiger partial charge in [0, 0.05) is 18.5 Å². The summed E-state index contributed by atoms with van der Waals surface area (Å²) in [5.74, 6) is -1.28. The summed E-state index contributed by atoms with van der Waals surface area (Å²) in [6, 6.07) is 22.1. The van der Waals surface area contributed by atoms with Gasteiger partial charge in [-0.05, 0) is 35.2 Å². The Morgan fingerprint density at radius 3 is 2.39 bits per heavy atom. The van der Waals surface area contributed by atoms with Gasteiger partial charge in [-0.15, -0.1) is 0 Å². The minimum Gasteiger partial charge on any atom is -0.479 e. The number of aliphatic hydroxyl groups is 1. The summed E-state index contributed by atoms with van der Waals surface area (Å²) in [5.41, 5.74) is 3.71. The minimum atomic E-state index is -1.60. The first kappa shape index (κ1) is 22.0. The standard InChI is InChI=1S/C25H23N3O5/c29-22(25(31)32)14-19(13-16-8-10-18(11-9-16)17-5-2-1-3-6-17)26-24(30)21-15-20(27-28-21)23-7-4-12-33-23/h1-12,15,19,22,29H,13-14H2,(H,26,30)(H,27,28)(H,31,32). The number of nitrogens with one attached hydrogen (secondary N) is 2. The van der Waals surface area contributed by atoms with Gasteiger partial charge < -0.3 is 19.9 Å². The molecular weight excluding hydrogens is 422 g/mol. The van der Waals surface area contributed by atoms with Crippen LogP contribution in [0.3, 0.4) is 0 Å². The molecule has 0 fully saturated rings. The zero-order chi connectivity index (χ0) is 23.2. The van der Waals surface area contributed by atoms with E-state index in [0.717, 1.165) is 16.7 Å². The number of benzene rings is 2. The van der Waals surface area contributed by atoms with Crippen LogP contribution in [0.25, 0.3) is 22.6 Å². The predicted octanol–water partition coefficient (Wildman–Crippen LogP) is 3.51. The average molecular weight is 445 g/mol. The summed E-state index contributed by atoms with van der Waals surface area (Å²) >= 11 is 0. The Morgan fingerprint density at radius 1 is 1.00 bits per heavy atom. The molecule has 0 saturated carbocycles. The first-order valence-corrected chi connectivity index (χ1v) is 10.4. The number of aliphatic carboxylic acids is 1. The van der Waals surface area contributed by atoms with E-state index in [1.165, 1.54) is 6.26 Å². The second-order valence-corrected chi connectivity index (χ2v) is 7.67. The molecule has 4 aromatic rings. The zero-order valence-electron chi connectivity index (χ0n) is 17.6. The molecule has 0 spiro atoms. The molecule has 33 heavy (non-hydrogen) atoms. The maximum atomic E-state index is 12.8. The maximum Gasteiger partial charge on any atom is 0.332 e. The molecule has 4 N–H and O–H groups in total. The van der Waals surface area contributed by atoms with Crippen molar-refractivity contribution in [3.05, 3.63) is 90.3 Å². The van der Waals surface area contributed by atoms with Crippen molar-refractivity contribution in [3.63, 3.8) is 0 Å². The van der Waals surface area contributed by atoms with Crippen molar-refractivity contribution >= 4 is 11.9 Å². The van der Waals surface area contributed by atoms with Gasteiger partial charge in [-0.2, -0.15) is 5.10 Å². The van der Waals surface area contributed by atoms with Crippen LogP contribution in [0.2, 0.25) is 0 Å². The van der Waals surface area contributed by atoms with E-state index in [4.69, 9.17) is 9.52 Å². The maximum absolute atomic E-state index is 12.8. The molecule has 2 atom stereocenters. The fraction of sp³-hybridized carbons (Fsp3) is 0.160. The van der Waals surface area contributed by atoms with E-state index in [1.807, 2.05) is 54.6 Å². The number of amides is 1. The van der Waals surface area contributed by atoms with Gasteiger partial charge in [0.2, 0.25) is 0 Å². The molecule has 8 heteroatoms. The third-order valence-electron chi connectivity index (χ3n) is 5.27. The predicted molar refractivity (Wildman–Crippen MR) is 121 cm³/mol.